The van der Waals surface area contributed by atoms with E-state index in [9.17, 15) is 9.59 Å². The van der Waals surface area contributed by atoms with Gasteiger partial charge in [-0.25, -0.2) is 0 Å². The normalized spacial score (nSPS) is 11.6. The lowest BCUT2D eigenvalue weighted by atomic mass is 10.2. The number of amides is 2. The number of ether oxygens (including phenoxy) is 1. The van der Waals surface area contributed by atoms with Crippen molar-refractivity contribution < 1.29 is 14.3 Å². The molecule has 0 saturated heterocycles. The number of rotatable bonds is 8. The van der Waals surface area contributed by atoms with Crippen LogP contribution in [0.15, 0.2) is 24.3 Å². The fourth-order valence-corrected chi connectivity index (χ4v) is 1.78. The van der Waals surface area contributed by atoms with Gasteiger partial charge >= 0.3 is 0 Å². The summed E-state index contributed by atoms with van der Waals surface area (Å²) in [5.41, 5.74) is 6.22. The minimum absolute atomic E-state index is 0.185. The molecule has 1 unspecified atom stereocenters. The van der Waals surface area contributed by atoms with Crippen molar-refractivity contribution in [3.8, 4) is 5.75 Å². The summed E-state index contributed by atoms with van der Waals surface area (Å²) in [6.45, 7) is 2.69. The maximum absolute atomic E-state index is 11.8. The van der Waals surface area contributed by atoms with E-state index >= 15 is 0 Å². The second kappa shape index (κ2) is 8.97. The summed E-state index contributed by atoms with van der Waals surface area (Å²) < 4.78 is 5.02. The molecule has 0 fully saturated rings. The van der Waals surface area contributed by atoms with Gasteiger partial charge < -0.3 is 21.1 Å². The number of carbonyl (C=O) groups is 2. The van der Waals surface area contributed by atoms with Crippen molar-refractivity contribution in [1.29, 1.82) is 0 Å². The molecule has 1 atom stereocenters. The van der Waals surface area contributed by atoms with E-state index in [1.165, 1.54) is 0 Å². The Bertz CT molecular complexity index is 460. The molecule has 4 N–H and O–H groups in total. The molecule has 1 rings (SSSR count). The third-order valence-corrected chi connectivity index (χ3v) is 3.00. The molecule has 116 valence electrons. The first-order valence-corrected chi connectivity index (χ1v) is 7.04. The van der Waals surface area contributed by atoms with Gasteiger partial charge in [0, 0.05) is 18.7 Å². The van der Waals surface area contributed by atoms with Crippen LogP contribution in [0.1, 0.15) is 30.1 Å². The van der Waals surface area contributed by atoms with Crippen LogP contribution < -0.4 is 21.1 Å². The average Bonchev–Trinajstić information content (AvgIpc) is 2.51. The maximum Gasteiger partial charge on any atom is 0.251 e. The van der Waals surface area contributed by atoms with Crippen LogP contribution in [0.5, 0.6) is 5.75 Å². The van der Waals surface area contributed by atoms with Crippen molar-refractivity contribution in [2.24, 2.45) is 5.73 Å². The largest absolute Gasteiger partial charge is 0.497 e. The Morgan fingerprint density at radius 2 is 1.81 bits per heavy atom. The molecule has 0 saturated carbocycles. The highest BCUT2D eigenvalue weighted by Gasteiger charge is 2.11. The number of hydrogen-bond acceptors (Lipinski definition) is 4. The van der Waals surface area contributed by atoms with Crippen molar-refractivity contribution in [1.82, 2.24) is 10.6 Å². The van der Waals surface area contributed by atoms with Gasteiger partial charge in [0.15, 0.2) is 0 Å². The Kier molecular flexibility index (Phi) is 7.25. The second-order valence-corrected chi connectivity index (χ2v) is 4.67. The second-order valence-electron chi connectivity index (χ2n) is 4.67. The first-order chi connectivity index (χ1) is 10.1. The van der Waals surface area contributed by atoms with Gasteiger partial charge in [0.25, 0.3) is 5.91 Å². The number of carbonyl (C=O) groups excluding carboxylic acids is 2. The lowest BCUT2D eigenvalue weighted by Gasteiger charge is -2.11. The molecule has 0 spiro atoms. The molecule has 0 aromatic heterocycles. The van der Waals surface area contributed by atoms with Crippen LogP contribution in [0, 0.1) is 0 Å². The zero-order valence-electron chi connectivity index (χ0n) is 12.5. The molecule has 0 heterocycles. The van der Waals surface area contributed by atoms with Crippen LogP contribution >= 0.6 is 0 Å². The highest BCUT2D eigenvalue weighted by molar-refractivity contribution is 5.94. The van der Waals surface area contributed by atoms with E-state index in [2.05, 4.69) is 10.6 Å². The Labute approximate surface area is 125 Å². The molecule has 0 aliphatic rings. The molecule has 6 nitrogen and oxygen atoms in total. The predicted molar refractivity (Wildman–Crippen MR) is 81.2 cm³/mol. The van der Waals surface area contributed by atoms with Crippen molar-refractivity contribution >= 4 is 11.8 Å². The van der Waals surface area contributed by atoms with E-state index in [0.29, 0.717) is 30.8 Å². The zero-order chi connectivity index (χ0) is 15.7. The molecule has 21 heavy (non-hydrogen) atoms. The predicted octanol–water partition coefficient (Wildman–Crippen LogP) is 0.669. The van der Waals surface area contributed by atoms with Crippen molar-refractivity contribution in [3.05, 3.63) is 29.8 Å². The topological polar surface area (TPSA) is 93.5 Å². The quantitative estimate of drug-likeness (QED) is 0.614. The highest BCUT2D eigenvalue weighted by Crippen LogP contribution is 2.10. The Balaban J connectivity index is 2.28. The van der Waals surface area contributed by atoms with Gasteiger partial charge in [-0.05, 0) is 30.7 Å². The van der Waals surface area contributed by atoms with E-state index in [4.69, 9.17) is 10.5 Å². The third-order valence-electron chi connectivity index (χ3n) is 3.00. The van der Waals surface area contributed by atoms with Crippen molar-refractivity contribution in [2.45, 2.75) is 25.8 Å². The highest BCUT2D eigenvalue weighted by atomic mass is 16.5. The molecule has 6 heteroatoms. The SMILES string of the molecule is CCCC(N)C(=O)NCCNC(=O)c1ccc(OC)cc1. The zero-order valence-corrected chi connectivity index (χ0v) is 12.5. The van der Waals surface area contributed by atoms with E-state index < -0.39 is 6.04 Å². The Morgan fingerprint density at radius 1 is 1.19 bits per heavy atom. The van der Waals surface area contributed by atoms with Crippen LogP contribution in [0.25, 0.3) is 0 Å². The third kappa shape index (κ3) is 5.83. The molecule has 0 aliphatic carbocycles. The van der Waals surface area contributed by atoms with Crippen molar-refractivity contribution in [2.75, 3.05) is 20.2 Å². The lowest BCUT2D eigenvalue weighted by molar-refractivity contribution is -0.122. The Hall–Kier alpha value is -2.08. The van der Waals surface area contributed by atoms with Crippen LogP contribution in [0.2, 0.25) is 0 Å². The van der Waals surface area contributed by atoms with Gasteiger partial charge in [-0.2, -0.15) is 0 Å². The van der Waals surface area contributed by atoms with Crippen LogP contribution in [0.3, 0.4) is 0 Å². The molecule has 2 amide bonds. The molecular formula is C15H23N3O3. The monoisotopic (exact) mass is 293 g/mol. The van der Waals surface area contributed by atoms with E-state index in [1.54, 1.807) is 31.4 Å². The summed E-state index contributed by atoms with van der Waals surface area (Å²) >= 11 is 0. The van der Waals surface area contributed by atoms with Crippen LogP contribution in [0.4, 0.5) is 0 Å². The minimum Gasteiger partial charge on any atom is -0.497 e. The number of hydrogen-bond donors (Lipinski definition) is 3. The van der Waals surface area contributed by atoms with Gasteiger partial charge in [-0.3, -0.25) is 9.59 Å². The summed E-state index contributed by atoms with van der Waals surface area (Å²) in [6, 6.07) is 6.33. The van der Waals surface area contributed by atoms with E-state index in [0.717, 1.165) is 6.42 Å². The molecule has 1 aromatic rings. The summed E-state index contributed by atoms with van der Waals surface area (Å²) in [5, 5.41) is 5.42. The van der Waals surface area contributed by atoms with Crippen molar-refractivity contribution in [3.63, 3.8) is 0 Å². The van der Waals surface area contributed by atoms with Gasteiger partial charge in [-0.1, -0.05) is 13.3 Å². The lowest BCUT2D eigenvalue weighted by Crippen LogP contribution is -2.43. The van der Waals surface area contributed by atoms with Crippen LogP contribution in [-0.2, 0) is 4.79 Å². The molecule has 1 aromatic carbocycles. The summed E-state index contributed by atoms with van der Waals surface area (Å²) in [6.07, 6.45) is 1.52. The minimum atomic E-state index is -0.479. The maximum atomic E-state index is 11.8. The standard InChI is InChI=1S/C15H23N3O3/c1-3-4-13(16)15(20)18-10-9-17-14(19)11-5-7-12(21-2)8-6-11/h5-8,13H,3-4,9-10,16H2,1-2H3,(H,17,19)(H,18,20). The van der Waals surface area contributed by atoms with Gasteiger partial charge in [-0.15, -0.1) is 0 Å². The van der Waals surface area contributed by atoms with Gasteiger partial charge in [0.05, 0.1) is 13.2 Å². The van der Waals surface area contributed by atoms with E-state index in [1.807, 2.05) is 6.92 Å². The van der Waals surface area contributed by atoms with Gasteiger partial charge in [0.2, 0.25) is 5.91 Å². The molecule has 0 bridgehead atoms. The number of methoxy groups -OCH3 is 1. The summed E-state index contributed by atoms with van der Waals surface area (Å²) in [4.78, 5) is 23.4. The summed E-state index contributed by atoms with van der Waals surface area (Å²) in [7, 11) is 1.57. The molecule has 0 radical (unpaired) electrons. The first kappa shape index (κ1) is 17.0. The molecule has 0 aliphatic heterocycles. The Morgan fingerprint density at radius 3 is 2.38 bits per heavy atom. The number of benzene rings is 1. The van der Waals surface area contributed by atoms with Gasteiger partial charge in [0.1, 0.15) is 5.75 Å². The number of nitrogens with two attached hydrogens (primary N) is 1. The van der Waals surface area contributed by atoms with E-state index in [-0.39, 0.29) is 11.8 Å². The fourth-order valence-electron chi connectivity index (χ4n) is 1.78. The number of nitrogens with one attached hydrogen (secondary N) is 2. The van der Waals surface area contributed by atoms with Crippen LogP contribution in [-0.4, -0.2) is 38.1 Å². The first-order valence-electron chi connectivity index (χ1n) is 7.04. The summed E-state index contributed by atoms with van der Waals surface area (Å²) in [5.74, 6) is 0.323. The average molecular weight is 293 g/mol. The fraction of sp³-hybridized carbons (Fsp3) is 0.467. The smallest absolute Gasteiger partial charge is 0.251 e. The molecular weight excluding hydrogens is 270 g/mol.